The number of esters is 1. The first-order chi connectivity index (χ1) is 4.14. The third-order valence-electron chi connectivity index (χ3n) is 2.71. The minimum atomic E-state index is 0.0185. The van der Waals surface area contributed by atoms with Gasteiger partial charge in [0.25, 0.3) is 0 Å². The molecule has 1 aliphatic carbocycles. The first-order valence-corrected chi connectivity index (χ1v) is 3.30. The average molecular weight is 126 g/mol. The molecule has 1 unspecified atom stereocenters. The van der Waals surface area contributed by atoms with Crippen LogP contribution in [0.3, 0.4) is 0 Å². The summed E-state index contributed by atoms with van der Waals surface area (Å²) in [6.45, 7) is 4.92. The van der Waals surface area contributed by atoms with Crippen LogP contribution in [-0.4, -0.2) is 12.6 Å². The Hall–Kier alpha value is -0.530. The van der Waals surface area contributed by atoms with E-state index in [4.69, 9.17) is 4.74 Å². The second kappa shape index (κ2) is 1.15. The smallest absolute Gasteiger partial charge is 0.309 e. The van der Waals surface area contributed by atoms with E-state index in [0.717, 1.165) is 0 Å². The van der Waals surface area contributed by atoms with E-state index in [0.29, 0.717) is 12.5 Å². The van der Waals surface area contributed by atoms with Crippen molar-refractivity contribution >= 4 is 5.97 Å². The third-order valence-corrected chi connectivity index (χ3v) is 2.71. The van der Waals surface area contributed by atoms with Crippen LogP contribution in [0.5, 0.6) is 0 Å². The third kappa shape index (κ3) is 0.443. The van der Waals surface area contributed by atoms with Crippen molar-refractivity contribution in [3.8, 4) is 0 Å². The van der Waals surface area contributed by atoms with Crippen LogP contribution in [0.1, 0.15) is 13.8 Å². The highest BCUT2D eigenvalue weighted by atomic mass is 16.5. The number of carbonyl (C=O) groups excluding carboxylic acids is 1. The summed E-state index contributed by atoms with van der Waals surface area (Å²) in [5.41, 5.74) is 0.259. The first-order valence-electron chi connectivity index (χ1n) is 3.30. The molecular weight excluding hydrogens is 116 g/mol. The van der Waals surface area contributed by atoms with Crippen molar-refractivity contribution in [2.45, 2.75) is 13.8 Å². The molecule has 2 atom stereocenters. The zero-order valence-corrected chi connectivity index (χ0v) is 5.68. The van der Waals surface area contributed by atoms with Crippen LogP contribution in [0.4, 0.5) is 0 Å². The molecule has 0 N–H and O–H groups in total. The summed E-state index contributed by atoms with van der Waals surface area (Å²) in [6, 6.07) is 0. The lowest BCUT2D eigenvalue weighted by Gasteiger charge is -2.05. The molecule has 1 saturated heterocycles. The van der Waals surface area contributed by atoms with Gasteiger partial charge in [0.2, 0.25) is 0 Å². The normalized spacial score (nSPS) is 44.0. The van der Waals surface area contributed by atoms with Gasteiger partial charge in [-0.3, -0.25) is 4.79 Å². The van der Waals surface area contributed by atoms with E-state index in [2.05, 4.69) is 13.8 Å². The maximum absolute atomic E-state index is 10.8. The van der Waals surface area contributed by atoms with Crippen molar-refractivity contribution in [2.24, 2.45) is 17.3 Å². The Morgan fingerprint density at radius 3 is 2.56 bits per heavy atom. The topological polar surface area (TPSA) is 26.3 Å². The molecule has 0 aromatic carbocycles. The van der Waals surface area contributed by atoms with Crippen molar-refractivity contribution in [3.63, 3.8) is 0 Å². The number of hydrogen-bond acceptors (Lipinski definition) is 2. The maximum atomic E-state index is 10.8. The van der Waals surface area contributed by atoms with Gasteiger partial charge in [0.1, 0.15) is 0 Å². The SMILES string of the molecule is CC1(C)C2COC(=O)[C@@H]21. The number of rotatable bonds is 0. The van der Waals surface area contributed by atoms with E-state index in [1.54, 1.807) is 0 Å². The summed E-state index contributed by atoms with van der Waals surface area (Å²) in [5.74, 6) is 0.785. The van der Waals surface area contributed by atoms with Gasteiger partial charge in [0, 0.05) is 5.92 Å². The predicted octanol–water partition coefficient (Wildman–Crippen LogP) is 0.815. The molecule has 0 spiro atoms. The summed E-state index contributed by atoms with van der Waals surface area (Å²) < 4.78 is 4.81. The van der Waals surface area contributed by atoms with E-state index in [1.807, 2.05) is 0 Å². The van der Waals surface area contributed by atoms with Crippen molar-refractivity contribution in [2.75, 3.05) is 6.61 Å². The number of ether oxygens (including phenoxy) is 1. The molecule has 50 valence electrons. The Morgan fingerprint density at radius 1 is 1.67 bits per heavy atom. The fraction of sp³-hybridized carbons (Fsp3) is 0.857. The van der Waals surface area contributed by atoms with E-state index in [1.165, 1.54) is 0 Å². The molecule has 0 bridgehead atoms. The van der Waals surface area contributed by atoms with Gasteiger partial charge in [0.05, 0.1) is 12.5 Å². The Balaban J connectivity index is 2.23. The monoisotopic (exact) mass is 126 g/mol. The molecule has 1 heterocycles. The van der Waals surface area contributed by atoms with Crippen molar-refractivity contribution in [1.82, 2.24) is 0 Å². The lowest BCUT2D eigenvalue weighted by Crippen LogP contribution is -2.09. The summed E-state index contributed by atoms with van der Waals surface area (Å²) in [7, 11) is 0. The molecular formula is C7H10O2. The standard InChI is InChI=1S/C7H10O2/c1-7(2)4-3-9-6(8)5(4)7/h4-5H,3H2,1-2H3/t4?,5-/m1/s1. The largest absolute Gasteiger partial charge is 0.465 e. The van der Waals surface area contributed by atoms with Crippen LogP contribution in [-0.2, 0) is 9.53 Å². The van der Waals surface area contributed by atoms with Gasteiger partial charge in [-0.05, 0) is 5.41 Å². The number of cyclic esters (lactones) is 1. The van der Waals surface area contributed by atoms with E-state index < -0.39 is 0 Å². The van der Waals surface area contributed by atoms with Gasteiger partial charge in [0.15, 0.2) is 0 Å². The van der Waals surface area contributed by atoms with E-state index in [9.17, 15) is 4.79 Å². The molecule has 0 aromatic heterocycles. The minimum Gasteiger partial charge on any atom is -0.465 e. The molecule has 1 aliphatic heterocycles. The molecule has 2 aliphatic rings. The Labute approximate surface area is 54.2 Å². The Kier molecular flexibility index (Phi) is 0.675. The number of fused-ring (bicyclic) bond motifs is 1. The fourth-order valence-electron chi connectivity index (χ4n) is 1.78. The molecule has 9 heavy (non-hydrogen) atoms. The van der Waals surface area contributed by atoms with E-state index >= 15 is 0 Å². The van der Waals surface area contributed by atoms with Crippen LogP contribution in [0.25, 0.3) is 0 Å². The number of hydrogen-bond donors (Lipinski definition) is 0. The summed E-state index contributed by atoms with van der Waals surface area (Å²) in [5, 5.41) is 0. The fourth-order valence-corrected chi connectivity index (χ4v) is 1.78. The molecule has 2 rings (SSSR count). The van der Waals surface area contributed by atoms with Gasteiger partial charge in [-0.1, -0.05) is 13.8 Å². The predicted molar refractivity (Wildman–Crippen MR) is 31.7 cm³/mol. The average Bonchev–Trinajstić information content (AvgIpc) is 2.19. The lowest BCUT2D eigenvalue weighted by atomic mass is 10.1. The van der Waals surface area contributed by atoms with Crippen molar-refractivity contribution < 1.29 is 9.53 Å². The van der Waals surface area contributed by atoms with Crippen LogP contribution >= 0.6 is 0 Å². The zero-order valence-electron chi connectivity index (χ0n) is 5.68. The summed E-state index contributed by atoms with van der Waals surface area (Å²) in [6.07, 6.45) is 0. The number of carbonyl (C=O) groups is 1. The van der Waals surface area contributed by atoms with Crippen LogP contribution in [0.15, 0.2) is 0 Å². The van der Waals surface area contributed by atoms with Gasteiger partial charge < -0.3 is 4.74 Å². The highest BCUT2D eigenvalue weighted by Crippen LogP contribution is 2.61. The van der Waals surface area contributed by atoms with Gasteiger partial charge in [-0.15, -0.1) is 0 Å². The second-order valence-corrected chi connectivity index (χ2v) is 3.54. The molecule has 0 aromatic rings. The molecule has 1 saturated carbocycles. The molecule has 2 fully saturated rings. The summed E-state index contributed by atoms with van der Waals surface area (Å²) >= 11 is 0. The summed E-state index contributed by atoms with van der Waals surface area (Å²) in [4.78, 5) is 10.8. The highest BCUT2D eigenvalue weighted by Gasteiger charge is 2.66. The molecule has 0 amide bonds. The Bertz CT molecular complexity index is 172. The van der Waals surface area contributed by atoms with Crippen molar-refractivity contribution in [1.29, 1.82) is 0 Å². The molecule has 2 heteroatoms. The lowest BCUT2D eigenvalue weighted by molar-refractivity contribution is -0.142. The zero-order chi connectivity index (χ0) is 6.65. The highest BCUT2D eigenvalue weighted by molar-refractivity contribution is 5.80. The van der Waals surface area contributed by atoms with Crippen LogP contribution < -0.4 is 0 Å². The molecule has 2 nitrogen and oxygen atoms in total. The quantitative estimate of drug-likeness (QED) is 0.449. The first kappa shape index (κ1) is 5.27. The van der Waals surface area contributed by atoms with Crippen LogP contribution in [0, 0.1) is 17.3 Å². The van der Waals surface area contributed by atoms with Gasteiger partial charge in [-0.2, -0.15) is 0 Å². The van der Waals surface area contributed by atoms with Gasteiger partial charge >= 0.3 is 5.97 Å². The maximum Gasteiger partial charge on any atom is 0.309 e. The van der Waals surface area contributed by atoms with Crippen LogP contribution in [0.2, 0.25) is 0 Å². The second-order valence-electron chi connectivity index (χ2n) is 3.54. The van der Waals surface area contributed by atoms with Crippen molar-refractivity contribution in [3.05, 3.63) is 0 Å². The molecule has 0 radical (unpaired) electrons. The minimum absolute atomic E-state index is 0.0185. The van der Waals surface area contributed by atoms with Gasteiger partial charge in [-0.25, -0.2) is 0 Å². The van der Waals surface area contributed by atoms with E-state index in [-0.39, 0.29) is 17.3 Å². The Morgan fingerprint density at radius 2 is 2.33 bits per heavy atom.